The predicted molar refractivity (Wildman–Crippen MR) is 111 cm³/mol. The molecule has 0 radical (unpaired) electrons. The molecule has 0 aliphatic carbocycles. The Hall–Kier alpha value is -1.12. The molecule has 2 N–H and O–H groups in total. The molecule has 1 aromatic carbocycles. The number of aliphatic imine (C=N–C) groups is 1. The average Bonchev–Trinajstić information content (AvgIpc) is 2.82. The summed E-state index contributed by atoms with van der Waals surface area (Å²) in [6.45, 7) is 1.76. The zero-order valence-electron chi connectivity index (χ0n) is 13.6. The SMILES string of the molecule is CN=C(NCCOc1ccccc1)NCc1cc(Cl)c(Cl)n1C.I. The summed E-state index contributed by atoms with van der Waals surface area (Å²) in [6.07, 6.45) is 0. The van der Waals surface area contributed by atoms with Crippen molar-refractivity contribution in [3.05, 3.63) is 52.3 Å². The molecular weight excluding hydrogens is 462 g/mol. The second kappa shape index (κ2) is 10.7. The minimum absolute atomic E-state index is 0. The lowest BCUT2D eigenvalue weighted by Gasteiger charge is -2.13. The molecule has 0 aliphatic heterocycles. The van der Waals surface area contributed by atoms with Crippen molar-refractivity contribution in [3.8, 4) is 5.75 Å². The van der Waals surface area contributed by atoms with E-state index in [-0.39, 0.29) is 24.0 Å². The third-order valence-electron chi connectivity index (χ3n) is 3.28. The minimum atomic E-state index is 0. The highest BCUT2D eigenvalue weighted by Gasteiger charge is 2.09. The van der Waals surface area contributed by atoms with Crippen molar-refractivity contribution < 1.29 is 4.74 Å². The van der Waals surface area contributed by atoms with Crippen LogP contribution >= 0.6 is 47.2 Å². The van der Waals surface area contributed by atoms with Crippen LogP contribution in [0.1, 0.15) is 5.69 Å². The van der Waals surface area contributed by atoms with E-state index in [1.165, 1.54) is 0 Å². The van der Waals surface area contributed by atoms with Crippen molar-refractivity contribution in [2.75, 3.05) is 20.2 Å². The van der Waals surface area contributed by atoms with Gasteiger partial charge in [0.05, 0.1) is 18.1 Å². The highest BCUT2D eigenvalue weighted by atomic mass is 127. The fraction of sp³-hybridized carbons (Fsp3) is 0.312. The number of benzene rings is 1. The van der Waals surface area contributed by atoms with Gasteiger partial charge in [0.1, 0.15) is 17.5 Å². The summed E-state index contributed by atoms with van der Waals surface area (Å²) >= 11 is 12.1. The molecule has 0 saturated heterocycles. The first-order chi connectivity index (χ1) is 11.1. The highest BCUT2D eigenvalue weighted by Crippen LogP contribution is 2.24. The van der Waals surface area contributed by atoms with Crippen molar-refractivity contribution in [1.82, 2.24) is 15.2 Å². The van der Waals surface area contributed by atoms with Gasteiger partial charge in [0.25, 0.3) is 0 Å². The maximum Gasteiger partial charge on any atom is 0.191 e. The van der Waals surface area contributed by atoms with E-state index in [1.807, 2.05) is 48.0 Å². The van der Waals surface area contributed by atoms with Crippen molar-refractivity contribution in [1.29, 1.82) is 0 Å². The lowest BCUT2D eigenvalue weighted by molar-refractivity contribution is 0.322. The first-order valence-corrected chi connectivity index (χ1v) is 7.99. The maximum atomic E-state index is 6.05. The van der Waals surface area contributed by atoms with Crippen molar-refractivity contribution in [2.45, 2.75) is 6.54 Å². The van der Waals surface area contributed by atoms with Gasteiger partial charge in [-0.25, -0.2) is 0 Å². The van der Waals surface area contributed by atoms with Crippen LogP contribution in [-0.4, -0.2) is 30.7 Å². The van der Waals surface area contributed by atoms with E-state index in [0.717, 1.165) is 11.4 Å². The van der Waals surface area contributed by atoms with E-state index in [2.05, 4.69) is 15.6 Å². The van der Waals surface area contributed by atoms with E-state index in [4.69, 9.17) is 27.9 Å². The van der Waals surface area contributed by atoms with Crippen LogP contribution in [0.2, 0.25) is 10.2 Å². The van der Waals surface area contributed by atoms with Gasteiger partial charge in [-0.05, 0) is 18.2 Å². The van der Waals surface area contributed by atoms with Crippen molar-refractivity contribution in [3.63, 3.8) is 0 Å². The van der Waals surface area contributed by atoms with E-state index in [1.54, 1.807) is 7.05 Å². The summed E-state index contributed by atoms with van der Waals surface area (Å²) in [5.41, 5.74) is 0.975. The monoisotopic (exact) mass is 482 g/mol. The topological polar surface area (TPSA) is 50.6 Å². The van der Waals surface area contributed by atoms with E-state index >= 15 is 0 Å². The molecule has 0 unspecified atom stereocenters. The summed E-state index contributed by atoms with van der Waals surface area (Å²) in [5, 5.41) is 7.48. The van der Waals surface area contributed by atoms with Gasteiger partial charge in [0.15, 0.2) is 5.96 Å². The van der Waals surface area contributed by atoms with E-state index in [0.29, 0.717) is 35.8 Å². The Labute approximate surface area is 169 Å². The molecule has 5 nitrogen and oxygen atoms in total. The molecule has 0 amide bonds. The van der Waals surface area contributed by atoms with Crippen LogP contribution in [0.25, 0.3) is 0 Å². The normalized spacial score (nSPS) is 10.9. The van der Waals surface area contributed by atoms with Crippen LogP contribution in [0.15, 0.2) is 41.4 Å². The zero-order chi connectivity index (χ0) is 16.7. The standard InChI is InChI=1S/C16H20Cl2N4O.HI/c1-19-16(20-8-9-23-13-6-4-3-5-7-13)21-11-12-10-14(17)15(18)22(12)2;/h3-7,10H,8-9,11H2,1-2H3,(H2,19,20,21);1H. The van der Waals surface area contributed by atoms with Crippen LogP contribution in [0.4, 0.5) is 0 Å². The predicted octanol–water partition coefficient (Wildman–Crippen LogP) is 3.69. The number of halogens is 3. The van der Waals surface area contributed by atoms with Crippen LogP contribution < -0.4 is 15.4 Å². The van der Waals surface area contributed by atoms with Crippen LogP contribution in [0, 0.1) is 0 Å². The smallest absolute Gasteiger partial charge is 0.191 e. The molecule has 2 aromatic rings. The Balaban J connectivity index is 0.00000288. The molecule has 1 heterocycles. The largest absolute Gasteiger partial charge is 0.492 e. The van der Waals surface area contributed by atoms with E-state index in [9.17, 15) is 0 Å². The van der Waals surface area contributed by atoms with Gasteiger partial charge in [0, 0.05) is 19.8 Å². The number of nitrogens with zero attached hydrogens (tertiary/aromatic N) is 2. The van der Waals surface area contributed by atoms with Crippen molar-refractivity contribution in [2.24, 2.45) is 12.0 Å². The highest BCUT2D eigenvalue weighted by molar-refractivity contribution is 14.0. The first-order valence-electron chi connectivity index (χ1n) is 7.23. The summed E-state index contributed by atoms with van der Waals surface area (Å²) in [7, 11) is 3.59. The minimum Gasteiger partial charge on any atom is -0.492 e. The Morgan fingerprint density at radius 2 is 1.92 bits per heavy atom. The van der Waals surface area contributed by atoms with Crippen LogP contribution in [0.3, 0.4) is 0 Å². The number of ether oxygens (including phenoxy) is 1. The summed E-state index contributed by atoms with van der Waals surface area (Å²) in [4.78, 5) is 4.17. The molecule has 2 rings (SSSR count). The lowest BCUT2D eigenvalue weighted by Crippen LogP contribution is -2.39. The average molecular weight is 483 g/mol. The zero-order valence-corrected chi connectivity index (χ0v) is 17.4. The summed E-state index contributed by atoms with van der Waals surface area (Å²) in [6, 6.07) is 11.5. The number of para-hydroxylation sites is 1. The second-order valence-electron chi connectivity index (χ2n) is 4.85. The molecular formula is C16H21Cl2IN4O. The van der Waals surface area contributed by atoms with Gasteiger partial charge in [-0.3, -0.25) is 4.99 Å². The fourth-order valence-electron chi connectivity index (χ4n) is 2.01. The quantitative estimate of drug-likeness (QED) is 0.285. The number of guanidine groups is 1. The molecule has 0 saturated carbocycles. The van der Waals surface area contributed by atoms with Crippen LogP contribution in [0.5, 0.6) is 5.75 Å². The molecule has 0 spiro atoms. The van der Waals surface area contributed by atoms with Gasteiger partial charge in [-0.2, -0.15) is 0 Å². The molecule has 0 atom stereocenters. The third-order valence-corrected chi connectivity index (χ3v) is 4.12. The number of hydrogen-bond donors (Lipinski definition) is 2. The number of rotatable bonds is 6. The Bertz CT molecular complexity index is 662. The Morgan fingerprint density at radius 1 is 1.21 bits per heavy atom. The maximum absolute atomic E-state index is 6.05. The van der Waals surface area contributed by atoms with Gasteiger partial charge in [-0.1, -0.05) is 41.4 Å². The lowest BCUT2D eigenvalue weighted by atomic mass is 10.3. The molecule has 1 aromatic heterocycles. The van der Waals surface area contributed by atoms with Gasteiger partial charge < -0.3 is 19.9 Å². The first kappa shape index (κ1) is 20.9. The Morgan fingerprint density at radius 3 is 2.50 bits per heavy atom. The van der Waals surface area contributed by atoms with Crippen molar-refractivity contribution >= 4 is 53.1 Å². The second-order valence-corrected chi connectivity index (χ2v) is 5.61. The van der Waals surface area contributed by atoms with Crippen LogP contribution in [-0.2, 0) is 13.6 Å². The molecule has 0 bridgehead atoms. The van der Waals surface area contributed by atoms with Gasteiger partial charge in [-0.15, -0.1) is 24.0 Å². The summed E-state index contributed by atoms with van der Waals surface area (Å²) in [5.74, 6) is 1.54. The molecule has 0 fully saturated rings. The Kier molecular flexibility index (Phi) is 9.31. The van der Waals surface area contributed by atoms with Gasteiger partial charge >= 0.3 is 0 Å². The third kappa shape index (κ3) is 6.07. The number of nitrogens with one attached hydrogen (secondary N) is 2. The molecule has 0 aliphatic rings. The number of hydrogen-bond acceptors (Lipinski definition) is 2. The fourth-order valence-corrected chi connectivity index (χ4v) is 2.42. The molecule has 8 heteroatoms. The van der Waals surface area contributed by atoms with E-state index < -0.39 is 0 Å². The summed E-state index contributed by atoms with van der Waals surface area (Å²) < 4.78 is 7.45. The molecule has 24 heavy (non-hydrogen) atoms. The van der Waals surface area contributed by atoms with Gasteiger partial charge in [0.2, 0.25) is 0 Å². The number of aromatic nitrogens is 1. The molecule has 132 valence electrons.